The van der Waals surface area contributed by atoms with Gasteiger partial charge in [-0.2, -0.15) is 0 Å². The first-order valence-corrected chi connectivity index (χ1v) is 3.30. The maximum absolute atomic E-state index is 4.41. The molecule has 1 heteroatoms. The van der Waals surface area contributed by atoms with E-state index in [1.54, 1.807) is 0 Å². The summed E-state index contributed by atoms with van der Waals surface area (Å²) in [6, 6.07) is 0.597. The van der Waals surface area contributed by atoms with E-state index in [9.17, 15) is 0 Å². The third-order valence-electron chi connectivity index (χ3n) is 2.01. The van der Waals surface area contributed by atoms with Crippen LogP contribution in [0.25, 0.3) is 0 Å². The lowest BCUT2D eigenvalue weighted by Crippen LogP contribution is -2.35. The molecule has 1 saturated heterocycles. The van der Waals surface area contributed by atoms with Gasteiger partial charge >= 0.3 is 0 Å². The maximum atomic E-state index is 4.41. The van der Waals surface area contributed by atoms with Crippen LogP contribution >= 0.6 is 0 Å². The second-order valence-corrected chi connectivity index (χ2v) is 2.65. The van der Waals surface area contributed by atoms with E-state index in [1.165, 1.54) is 12.8 Å². The Morgan fingerprint density at radius 3 is 2.38 bits per heavy atom. The number of hydrogen-bond donors (Lipinski definition) is 0. The van der Waals surface area contributed by atoms with Crippen LogP contribution < -0.4 is 5.32 Å². The van der Waals surface area contributed by atoms with E-state index in [0.29, 0.717) is 6.04 Å². The molecular weight excluding hydrogens is 98.1 g/mol. The molecule has 1 fully saturated rings. The molecule has 3 aliphatic rings. The number of rotatable bonds is 0. The van der Waals surface area contributed by atoms with Crippen molar-refractivity contribution in [1.82, 2.24) is 5.32 Å². The zero-order valence-electron chi connectivity index (χ0n) is 4.88. The topological polar surface area (TPSA) is 14.1 Å². The minimum atomic E-state index is 0.597. The summed E-state index contributed by atoms with van der Waals surface area (Å²) in [5, 5.41) is 4.41. The summed E-state index contributed by atoms with van der Waals surface area (Å²) in [7, 11) is 0. The highest BCUT2D eigenvalue weighted by molar-refractivity contribution is 5.06. The SMILES string of the molecule is C1=CC2CCC1C[N]2. The minimum absolute atomic E-state index is 0.597. The molecule has 2 atom stereocenters. The lowest BCUT2D eigenvalue weighted by molar-refractivity contribution is 0.356. The molecule has 8 heavy (non-hydrogen) atoms. The van der Waals surface area contributed by atoms with Crippen LogP contribution in [-0.4, -0.2) is 12.6 Å². The third-order valence-corrected chi connectivity index (χ3v) is 2.01. The molecule has 0 saturated carbocycles. The third kappa shape index (κ3) is 0.583. The van der Waals surface area contributed by atoms with E-state index >= 15 is 0 Å². The van der Waals surface area contributed by atoms with E-state index in [4.69, 9.17) is 0 Å². The van der Waals surface area contributed by atoms with E-state index in [1.807, 2.05) is 0 Å². The lowest BCUT2D eigenvalue weighted by Gasteiger charge is -2.29. The summed E-state index contributed by atoms with van der Waals surface area (Å²) in [5.74, 6) is 0.806. The Balaban J connectivity index is 2.20. The fraction of sp³-hybridized carbons (Fsp3) is 0.714. The standard InChI is InChI=1S/C7H10N/c1-3-7-4-2-6(1)5-8-7/h1,3,6-7H,2,4-5H2. The second kappa shape index (κ2) is 1.59. The molecule has 2 unspecified atom stereocenters. The van der Waals surface area contributed by atoms with Crippen molar-refractivity contribution in [3.63, 3.8) is 0 Å². The normalized spacial score (nSPS) is 43.0. The van der Waals surface area contributed by atoms with Crippen molar-refractivity contribution < 1.29 is 0 Å². The molecule has 0 N–H and O–H groups in total. The summed E-state index contributed by atoms with van der Waals surface area (Å²) >= 11 is 0. The van der Waals surface area contributed by atoms with Gasteiger partial charge in [0.15, 0.2) is 0 Å². The summed E-state index contributed by atoms with van der Waals surface area (Å²) < 4.78 is 0. The van der Waals surface area contributed by atoms with Gasteiger partial charge in [-0.05, 0) is 18.8 Å². The number of fused-ring (bicyclic) bond motifs is 2. The van der Waals surface area contributed by atoms with Crippen molar-refractivity contribution in [2.75, 3.05) is 6.54 Å². The van der Waals surface area contributed by atoms with Gasteiger partial charge in [0.05, 0.1) is 0 Å². The molecular formula is C7H10N. The molecule has 0 spiro atoms. The largest absolute Gasteiger partial charge is 0.234 e. The van der Waals surface area contributed by atoms with Crippen LogP contribution in [0.2, 0.25) is 0 Å². The van der Waals surface area contributed by atoms with E-state index < -0.39 is 0 Å². The summed E-state index contributed by atoms with van der Waals surface area (Å²) in [6.45, 7) is 1.10. The van der Waals surface area contributed by atoms with Crippen LogP contribution in [0, 0.1) is 5.92 Å². The molecule has 1 nitrogen and oxygen atoms in total. The van der Waals surface area contributed by atoms with Crippen molar-refractivity contribution >= 4 is 0 Å². The van der Waals surface area contributed by atoms with Gasteiger partial charge in [-0.3, -0.25) is 0 Å². The van der Waals surface area contributed by atoms with E-state index in [2.05, 4.69) is 17.5 Å². The highest BCUT2D eigenvalue weighted by Crippen LogP contribution is 2.22. The van der Waals surface area contributed by atoms with Crippen LogP contribution in [0.5, 0.6) is 0 Å². The predicted octanol–water partition coefficient (Wildman–Crippen LogP) is 0.939. The molecule has 0 aromatic rings. The Bertz CT molecular complexity index is 95.6. The highest BCUT2D eigenvalue weighted by Gasteiger charge is 2.22. The van der Waals surface area contributed by atoms with Crippen molar-refractivity contribution in [1.29, 1.82) is 0 Å². The van der Waals surface area contributed by atoms with Crippen LogP contribution in [0.1, 0.15) is 12.8 Å². The minimum Gasteiger partial charge on any atom is -0.234 e. The van der Waals surface area contributed by atoms with Crippen LogP contribution in [0.4, 0.5) is 0 Å². The molecule has 0 aromatic heterocycles. The number of hydrogen-bond acceptors (Lipinski definition) is 0. The Morgan fingerprint density at radius 2 is 2.25 bits per heavy atom. The van der Waals surface area contributed by atoms with Gasteiger partial charge in [0.25, 0.3) is 0 Å². The zero-order valence-corrected chi connectivity index (χ0v) is 4.88. The van der Waals surface area contributed by atoms with Gasteiger partial charge in [-0.25, -0.2) is 5.32 Å². The fourth-order valence-electron chi connectivity index (χ4n) is 1.44. The van der Waals surface area contributed by atoms with Crippen LogP contribution in [0.3, 0.4) is 0 Å². The van der Waals surface area contributed by atoms with Crippen LogP contribution in [0.15, 0.2) is 12.2 Å². The maximum Gasteiger partial charge on any atom is 0.0426 e. The number of nitrogens with zero attached hydrogens (tertiary/aromatic N) is 1. The first-order valence-electron chi connectivity index (χ1n) is 3.30. The molecule has 0 aromatic carbocycles. The highest BCUT2D eigenvalue weighted by atomic mass is 14.9. The fourth-order valence-corrected chi connectivity index (χ4v) is 1.44. The average Bonchev–Trinajstić information content (AvgIpc) is 1.92. The van der Waals surface area contributed by atoms with Gasteiger partial charge in [-0.1, -0.05) is 12.2 Å². The molecule has 2 heterocycles. The van der Waals surface area contributed by atoms with Crippen molar-refractivity contribution in [3.05, 3.63) is 12.2 Å². The van der Waals surface area contributed by atoms with Crippen molar-refractivity contribution in [2.45, 2.75) is 18.9 Å². The first kappa shape index (κ1) is 4.57. The summed E-state index contributed by atoms with van der Waals surface area (Å²) in [5.41, 5.74) is 0. The Morgan fingerprint density at radius 1 is 1.25 bits per heavy atom. The number of piperidine rings is 1. The molecule has 1 radical (unpaired) electrons. The Kier molecular flexibility index (Phi) is 0.908. The first-order chi connectivity index (χ1) is 3.95. The van der Waals surface area contributed by atoms with Gasteiger partial charge in [-0.15, -0.1) is 0 Å². The monoisotopic (exact) mass is 108 g/mol. The lowest BCUT2D eigenvalue weighted by atomic mass is 9.88. The molecule has 3 rings (SSSR count). The van der Waals surface area contributed by atoms with Crippen molar-refractivity contribution in [2.24, 2.45) is 5.92 Å². The summed E-state index contributed by atoms with van der Waals surface area (Å²) in [6.07, 6.45) is 7.25. The molecule has 2 aliphatic heterocycles. The van der Waals surface area contributed by atoms with Gasteiger partial charge < -0.3 is 0 Å². The van der Waals surface area contributed by atoms with E-state index in [0.717, 1.165) is 12.5 Å². The molecule has 43 valence electrons. The zero-order chi connectivity index (χ0) is 5.40. The molecule has 0 amide bonds. The predicted molar refractivity (Wildman–Crippen MR) is 32.7 cm³/mol. The average molecular weight is 108 g/mol. The molecule has 2 bridgehead atoms. The Labute approximate surface area is 49.8 Å². The second-order valence-electron chi connectivity index (χ2n) is 2.65. The van der Waals surface area contributed by atoms with Gasteiger partial charge in [0, 0.05) is 12.6 Å². The van der Waals surface area contributed by atoms with Gasteiger partial charge in [0.2, 0.25) is 0 Å². The Hall–Kier alpha value is -0.300. The molecule has 1 aliphatic carbocycles. The van der Waals surface area contributed by atoms with Crippen molar-refractivity contribution in [3.8, 4) is 0 Å². The summed E-state index contributed by atoms with van der Waals surface area (Å²) in [4.78, 5) is 0. The van der Waals surface area contributed by atoms with Crippen LogP contribution in [-0.2, 0) is 0 Å². The quantitative estimate of drug-likeness (QED) is 0.410. The van der Waals surface area contributed by atoms with E-state index in [-0.39, 0.29) is 0 Å². The smallest absolute Gasteiger partial charge is 0.0426 e. The van der Waals surface area contributed by atoms with Gasteiger partial charge in [0.1, 0.15) is 0 Å².